The minimum Gasteiger partial charge on any atom is -0.486 e. The Morgan fingerprint density at radius 1 is 1.20 bits per heavy atom. The predicted molar refractivity (Wildman–Crippen MR) is 92.3 cm³/mol. The Labute approximate surface area is 146 Å². The number of primary amides is 1. The maximum atomic E-state index is 12.1. The van der Waals surface area contributed by atoms with E-state index >= 15 is 0 Å². The number of hydroxylamine groups is 2. The molecule has 25 heavy (non-hydrogen) atoms. The van der Waals surface area contributed by atoms with Gasteiger partial charge in [0.25, 0.3) is 5.91 Å². The third kappa shape index (κ3) is 5.50. The van der Waals surface area contributed by atoms with E-state index in [2.05, 4.69) is 5.32 Å². The zero-order valence-electron chi connectivity index (χ0n) is 13.9. The molecule has 0 heterocycles. The molecule has 0 aliphatic carbocycles. The van der Waals surface area contributed by atoms with E-state index in [-0.39, 0.29) is 25.1 Å². The Morgan fingerprint density at radius 2 is 1.92 bits per heavy atom. The molecule has 1 atom stereocenters. The quantitative estimate of drug-likeness (QED) is 0.530. The number of urea groups is 1. The molecule has 0 saturated carbocycles. The smallest absolute Gasteiger partial charge is 0.338 e. The summed E-state index contributed by atoms with van der Waals surface area (Å²) in [7, 11) is 0. The zero-order valence-corrected chi connectivity index (χ0v) is 13.9. The molecular formula is C18H21N3O4. The lowest BCUT2D eigenvalue weighted by Crippen LogP contribution is -2.39. The molecule has 0 spiro atoms. The van der Waals surface area contributed by atoms with Gasteiger partial charge in [-0.3, -0.25) is 10.0 Å². The van der Waals surface area contributed by atoms with E-state index in [1.54, 1.807) is 24.3 Å². The fraction of sp³-hybridized carbons (Fsp3) is 0.222. The summed E-state index contributed by atoms with van der Waals surface area (Å²) in [5, 5.41) is 12.1. The average Bonchev–Trinajstić information content (AvgIpc) is 2.62. The average molecular weight is 343 g/mol. The number of carbonyl (C=O) groups excluding carboxylic acids is 2. The Balaban J connectivity index is 1.94. The molecule has 0 bridgehead atoms. The number of hydrogen-bond donors (Lipinski definition) is 3. The molecule has 0 aromatic heterocycles. The van der Waals surface area contributed by atoms with Gasteiger partial charge in [0.05, 0.1) is 6.54 Å². The number of benzene rings is 2. The molecule has 1 unspecified atom stereocenters. The summed E-state index contributed by atoms with van der Waals surface area (Å²) in [5.41, 5.74) is 6.34. The first kappa shape index (κ1) is 18.3. The van der Waals surface area contributed by atoms with Gasteiger partial charge in [-0.25, -0.2) is 9.86 Å². The third-order valence-corrected chi connectivity index (χ3v) is 3.54. The molecule has 0 saturated heterocycles. The number of rotatable bonds is 7. The van der Waals surface area contributed by atoms with E-state index in [1.807, 2.05) is 37.3 Å². The lowest BCUT2D eigenvalue weighted by molar-refractivity contribution is -0.0376. The molecule has 2 aromatic rings. The van der Waals surface area contributed by atoms with E-state index in [9.17, 15) is 9.59 Å². The number of nitrogens with two attached hydrogens (primary N) is 1. The molecule has 132 valence electrons. The van der Waals surface area contributed by atoms with Crippen molar-refractivity contribution >= 4 is 11.9 Å². The number of ether oxygens (including phenoxy) is 1. The van der Waals surface area contributed by atoms with Crippen molar-refractivity contribution in [3.63, 3.8) is 0 Å². The number of carbonyl (C=O) groups is 2. The molecule has 0 fully saturated rings. The maximum Gasteiger partial charge on any atom is 0.338 e. The molecule has 4 N–H and O–H groups in total. The van der Waals surface area contributed by atoms with Crippen molar-refractivity contribution in [1.82, 2.24) is 10.4 Å². The second kappa shape index (κ2) is 8.70. The van der Waals surface area contributed by atoms with Gasteiger partial charge in [0.2, 0.25) is 0 Å². The molecule has 0 aliphatic rings. The van der Waals surface area contributed by atoms with Crippen LogP contribution in [0.15, 0.2) is 54.6 Å². The molecule has 2 rings (SSSR count). The first-order chi connectivity index (χ1) is 12.0. The summed E-state index contributed by atoms with van der Waals surface area (Å²) in [4.78, 5) is 22.8. The minimum atomic E-state index is -0.973. The zero-order chi connectivity index (χ0) is 18.2. The van der Waals surface area contributed by atoms with Gasteiger partial charge >= 0.3 is 6.03 Å². The predicted octanol–water partition coefficient (Wildman–Crippen LogP) is 2.33. The van der Waals surface area contributed by atoms with Crippen LogP contribution < -0.4 is 15.8 Å². The molecule has 0 aliphatic heterocycles. The number of nitrogens with one attached hydrogen (secondary N) is 1. The van der Waals surface area contributed by atoms with Crippen LogP contribution in [0.4, 0.5) is 4.79 Å². The van der Waals surface area contributed by atoms with Gasteiger partial charge in [-0.05, 0) is 30.7 Å². The van der Waals surface area contributed by atoms with Crippen LogP contribution in [-0.4, -0.2) is 35.3 Å². The summed E-state index contributed by atoms with van der Waals surface area (Å²) >= 11 is 0. The number of hydrogen-bond acceptors (Lipinski definition) is 4. The van der Waals surface area contributed by atoms with Crippen LogP contribution >= 0.6 is 0 Å². The second-order valence-corrected chi connectivity index (χ2v) is 5.42. The largest absolute Gasteiger partial charge is 0.486 e. The highest BCUT2D eigenvalue weighted by Gasteiger charge is 2.11. The highest BCUT2D eigenvalue weighted by atomic mass is 16.5. The van der Waals surface area contributed by atoms with Crippen molar-refractivity contribution in [2.24, 2.45) is 5.73 Å². The van der Waals surface area contributed by atoms with E-state index in [1.165, 1.54) is 0 Å². The Morgan fingerprint density at radius 3 is 2.60 bits per heavy atom. The van der Waals surface area contributed by atoms with Crippen LogP contribution in [0.2, 0.25) is 0 Å². The van der Waals surface area contributed by atoms with Gasteiger partial charge in [0, 0.05) is 12.1 Å². The normalized spacial score (nSPS) is 11.4. The lowest BCUT2D eigenvalue weighted by atomic mass is 10.1. The van der Waals surface area contributed by atoms with E-state index in [0.29, 0.717) is 16.4 Å². The van der Waals surface area contributed by atoms with Gasteiger partial charge in [-0.2, -0.15) is 0 Å². The van der Waals surface area contributed by atoms with Gasteiger partial charge in [-0.1, -0.05) is 36.4 Å². The van der Waals surface area contributed by atoms with E-state index < -0.39 is 6.03 Å². The maximum absolute atomic E-state index is 12.1. The highest BCUT2D eigenvalue weighted by Crippen LogP contribution is 2.22. The van der Waals surface area contributed by atoms with Crippen LogP contribution in [0, 0.1) is 0 Å². The first-order valence-corrected chi connectivity index (χ1v) is 7.83. The fourth-order valence-electron chi connectivity index (χ4n) is 2.19. The van der Waals surface area contributed by atoms with E-state index in [0.717, 1.165) is 5.56 Å². The van der Waals surface area contributed by atoms with Crippen LogP contribution in [0.25, 0.3) is 0 Å². The standard InChI is InChI=1S/C18H21N3O4/c1-13(14-6-3-2-4-7-14)25-16-9-5-8-15(12-16)17(22)20-10-11-21(24)18(19)23/h2-9,12-13,24H,10-11H2,1H3,(H2,19,23)(H,20,22). The van der Waals surface area contributed by atoms with Crippen molar-refractivity contribution in [1.29, 1.82) is 0 Å². The van der Waals surface area contributed by atoms with Gasteiger partial charge < -0.3 is 15.8 Å². The minimum absolute atomic E-state index is 0.0732. The molecule has 7 nitrogen and oxygen atoms in total. The number of amides is 3. The topological polar surface area (TPSA) is 105 Å². The summed E-state index contributed by atoms with van der Waals surface area (Å²) in [6.07, 6.45) is -0.155. The highest BCUT2D eigenvalue weighted by molar-refractivity contribution is 5.94. The van der Waals surface area contributed by atoms with Crippen molar-refractivity contribution < 1.29 is 19.5 Å². The van der Waals surface area contributed by atoms with Crippen molar-refractivity contribution in [3.8, 4) is 5.75 Å². The monoisotopic (exact) mass is 343 g/mol. The van der Waals surface area contributed by atoms with Crippen LogP contribution in [0.3, 0.4) is 0 Å². The lowest BCUT2D eigenvalue weighted by Gasteiger charge is -2.16. The summed E-state index contributed by atoms with van der Waals surface area (Å²) < 4.78 is 5.88. The summed E-state index contributed by atoms with van der Waals surface area (Å²) in [6.45, 7) is 1.91. The Hall–Kier alpha value is -3.06. The molecule has 0 radical (unpaired) electrons. The molecular weight excluding hydrogens is 322 g/mol. The third-order valence-electron chi connectivity index (χ3n) is 3.54. The van der Waals surface area contributed by atoms with Crippen molar-refractivity contribution in [3.05, 3.63) is 65.7 Å². The van der Waals surface area contributed by atoms with Gasteiger partial charge in [0.15, 0.2) is 0 Å². The summed E-state index contributed by atoms with van der Waals surface area (Å²) in [5.74, 6) is 0.237. The molecule has 7 heteroatoms. The summed E-state index contributed by atoms with van der Waals surface area (Å²) in [6, 6.07) is 15.6. The van der Waals surface area contributed by atoms with Crippen LogP contribution in [0.1, 0.15) is 28.9 Å². The van der Waals surface area contributed by atoms with Crippen molar-refractivity contribution in [2.75, 3.05) is 13.1 Å². The SMILES string of the molecule is CC(Oc1cccc(C(=O)NCCN(O)C(N)=O)c1)c1ccccc1. The molecule has 3 amide bonds. The fourth-order valence-corrected chi connectivity index (χ4v) is 2.19. The Bertz CT molecular complexity index is 721. The second-order valence-electron chi connectivity index (χ2n) is 5.42. The van der Waals surface area contributed by atoms with Crippen LogP contribution in [-0.2, 0) is 0 Å². The van der Waals surface area contributed by atoms with Gasteiger partial charge in [-0.15, -0.1) is 0 Å². The van der Waals surface area contributed by atoms with E-state index in [4.69, 9.17) is 15.7 Å². The Kier molecular flexibility index (Phi) is 6.36. The first-order valence-electron chi connectivity index (χ1n) is 7.83. The van der Waals surface area contributed by atoms with Crippen LogP contribution in [0.5, 0.6) is 5.75 Å². The number of nitrogens with zero attached hydrogens (tertiary/aromatic N) is 1. The van der Waals surface area contributed by atoms with Gasteiger partial charge in [0.1, 0.15) is 11.9 Å². The van der Waals surface area contributed by atoms with Crippen molar-refractivity contribution in [2.45, 2.75) is 13.0 Å². The molecule has 2 aromatic carbocycles.